The van der Waals surface area contributed by atoms with Gasteiger partial charge in [-0.25, -0.2) is 8.42 Å². The van der Waals surface area contributed by atoms with Crippen LogP contribution in [0.3, 0.4) is 0 Å². The van der Waals surface area contributed by atoms with Gasteiger partial charge in [0.05, 0.1) is 28.5 Å². The first kappa shape index (κ1) is 20.2. The van der Waals surface area contributed by atoms with Gasteiger partial charge < -0.3 is 9.73 Å². The fraction of sp³-hybridized carbons (Fsp3) is 0.421. The lowest BCUT2D eigenvalue weighted by atomic mass is 10.1. The molecule has 1 aromatic heterocycles. The van der Waals surface area contributed by atoms with Crippen LogP contribution in [0.4, 0.5) is 0 Å². The van der Waals surface area contributed by atoms with Gasteiger partial charge in [-0.2, -0.15) is 0 Å². The van der Waals surface area contributed by atoms with Crippen molar-refractivity contribution in [2.75, 3.05) is 25.4 Å². The Bertz CT molecular complexity index is 812. The van der Waals surface area contributed by atoms with Gasteiger partial charge in [-0.3, -0.25) is 9.69 Å². The minimum atomic E-state index is -3.47. The molecule has 6 nitrogen and oxygen atoms in total. The lowest BCUT2D eigenvalue weighted by Gasteiger charge is -2.28. The van der Waals surface area contributed by atoms with Gasteiger partial charge in [-0.05, 0) is 37.4 Å². The fourth-order valence-electron chi connectivity index (χ4n) is 2.92. The predicted octanol–water partition coefficient (Wildman–Crippen LogP) is 2.89. The van der Waals surface area contributed by atoms with Crippen LogP contribution in [0.5, 0.6) is 0 Å². The minimum Gasteiger partial charge on any atom is -0.468 e. The molecule has 1 heterocycles. The number of furan rings is 1. The van der Waals surface area contributed by atoms with E-state index in [9.17, 15) is 13.2 Å². The summed E-state index contributed by atoms with van der Waals surface area (Å²) in [4.78, 5) is 14.9. The van der Waals surface area contributed by atoms with E-state index in [4.69, 9.17) is 4.42 Å². The molecule has 0 bridgehead atoms. The maximum atomic E-state index is 12.7. The number of amides is 1. The molecular formula is C19H26N2O4S. The van der Waals surface area contributed by atoms with Crippen LogP contribution < -0.4 is 5.32 Å². The van der Waals surface area contributed by atoms with Crippen molar-refractivity contribution in [3.05, 3.63) is 54.0 Å². The normalized spacial score (nSPS) is 12.9. The number of hydrogen-bond acceptors (Lipinski definition) is 5. The summed E-state index contributed by atoms with van der Waals surface area (Å²) in [6, 6.07) is 9.89. The van der Waals surface area contributed by atoms with Crippen LogP contribution in [0, 0.1) is 0 Å². The van der Waals surface area contributed by atoms with Gasteiger partial charge in [0.25, 0.3) is 5.91 Å². The van der Waals surface area contributed by atoms with E-state index < -0.39 is 15.7 Å². The van der Waals surface area contributed by atoms with Crippen LogP contribution in [-0.2, 0) is 9.84 Å². The molecule has 0 radical (unpaired) electrons. The SMILES string of the molecule is CCN(CC)[C@H](CNC(=O)c1ccccc1S(=O)(=O)CC)c1ccco1. The molecule has 0 saturated heterocycles. The number of nitrogens with zero attached hydrogens (tertiary/aromatic N) is 1. The highest BCUT2D eigenvalue weighted by Gasteiger charge is 2.24. The van der Waals surface area contributed by atoms with E-state index in [-0.39, 0.29) is 22.3 Å². The number of benzene rings is 1. The molecule has 0 saturated carbocycles. The summed E-state index contributed by atoms with van der Waals surface area (Å²) in [6.07, 6.45) is 1.61. The highest BCUT2D eigenvalue weighted by Crippen LogP contribution is 2.21. The summed E-state index contributed by atoms with van der Waals surface area (Å²) in [7, 11) is -3.47. The number of rotatable bonds is 9. The molecular weight excluding hydrogens is 352 g/mol. The van der Waals surface area contributed by atoms with E-state index in [0.29, 0.717) is 6.54 Å². The molecule has 0 aliphatic heterocycles. The Morgan fingerprint density at radius 3 is 2.38 bits per heavy atom. The van der Waals surface area contributed by atoms with Crippen molar-refractivity contribution in [1.29, 1.82) is 0 Å². The lowest BCUT2D eigenvalue weighted by Crippen LogP contribution is -2.38. The number of likely N-dealkylation sites (N-methyl/N-ethyl adjacent to an activating group) is 1. The van der Waals surface area contributed by atoms with Crippen molar-refractivity contribution in [3.63, 3.8) is 0 Å². The van der Waals surface area contributed by atoms with Crippen LogP contribution in [0.2, 0.25) is 0 Å². The second kappa shape index (κ2) is 9.00. The van der Waals surface area contributed by atoms with Gasteiger partial charge in [0.15, 0.2) is 9.84 Å². The topological polar surface area (TPSA) is 79.6 Å². The standard InChI is InChI=1S/C19H26N2O4S/c1-4-21(5-2)16(17-11-9-13-25-17)14-20-19(22)15-10-7-8-12-18(15)26(23,24)6-3/h7-13,16H,4-6,14H2,1-3H3,(H,20,22)/t16-/m1/s1. The first-order valence-corrected chi connectivity index (χ1v) is 10.5. The van der Waals surface area contributed by atoms with Crippen LogP contribution in [0.25, 0.3) is 0 Å². The average Bonchev–Trinajstić information content (AvgIpc) is 3.19. The molecule has 0 fully saturated rings. The fourth-order valence-corrected chi connectivity index (χ4v) is 4.01. The van der Waals surface area contributed by atoms with Gasteiger partial charge in [-0.15, -0.1) is 0 Å². The average molecular weight is 378 g/mol. The Labute approximate surface area is 155 Å². The lowest BCUT2D eigenvalue weighted by molar-refractivity contribution is 0.0926. The number of carbonyl (C=O) groups excluding carboxylic acids is 1. The predicted molar refractivity (Wildman–Crippen MR) is 101 cm³/mol. The summed E-state index contributed by atoms with van der Waals surface area (Å²) in [5, 5.41) is 2.87. The number of sulfone groups is 1. The first-order valence-electron chi connectivity index (χ1n) is 8.82. The van der Waals surface area contributed by atoms with Gasteiger partial charge >= 0.3 is 0 Å². The number of hydrogen-bond donors (Lipinski definition) is 1. The third-order valence-electron chi connectivity index (χ3n) is 4.43. The maximum Gasteiger partial charge on any atom is 0.252 e. The van der Waals surface area contributed by atoms with Crippen LogP contribution >= 0.6 is 0 Å². The van der Waals surface area contributed by atoms with E-state index >= 15 is 0 Å². The Morgan fingerprint density at radius 1 is 1.12 bits per heavy atom. The highest BCUT2D eigenvalue weighted by atomic mass is 32.2. The summed E-state index contributed by atoms with van der Waals surface area (Å²) in [5.41, 5.74) is 0.173. The van der Waals surface area contributed by atoms with Crippen molar-refractivity contribution < 1.29 is 17.6 Å². The maximum absolute atomic E-state index is 12.7. The largest absolute Gasteiger partial charge is 0.468 e. The van der Waals surface area contributed by atoms with E-state index in [0.717, 1.165) is 18.8 Å². The van der Waals surface area contributed by atoms with Gasteiger partial charge in [0.2, 0.25) is 0 Å². The zero-order valence-corrected chi connectivity index (χ0v) is 16.3. The van der Waals surface area contributed by atoms with Crippen molar-refractivity contribution in [2.45, 2.75) is 31.7 Å². The van der Waals surface area contributed by atoms with Gasteiger partial charge in [0, 0.05) is 6.54 Å². The Kier molecular flexibility index (Phi) is 6.99. The molecule has 2 rings (SSSR count). The number of nitrogens with one attached hydrogen (secondary N) is 1. The second-order valence-corrected chi connectivity index (χ2v) is 8.11. The quantitative estimate of drug-likeness (QED) is 0.726. The monoisotopic (exact) mass is 378 g/mol. The minimum absolute atomic E-state index is 0.0498. The summed E-state index contributed by atoms with van der Waals surface area (Å²) in [5.74, 6) is 0.316. The van der Waals surface area contributed by atoms with Crippen molar-refractivity contribution in [2.24, 2.45) is 0 Å². The van der Waals surface area contributed by atoms with E-state index in [2.05, 4.69) is 10.2 Å². The Balaban J connectivity index is 2.22. The third kappa shape index (κ3) is 4.53. The second-order valence-electron chi connectivity index (χ2n) is 5.86. The van der Waals surface area contributed by atoms with Crippen molar-refractivity contribution in [3.8, 4) is 0 Å². The molecule has 1 atom stereocenters. The van der Waals surface area contributed by atoms with E-state index in [1.807, 2.05) is 26.0 Å². The highest BCUT2D eigenvalue weighted by molar-refractivity contribution is 7.91. The molecule has 0 aliphatic rings. The summed E-state index contributed by atoms with van der Waals surface area (Å²) in [6.45, 7) is 7.59. The van der Waals surface area contributed by atoms with E-state index in [1.54, 1.807) is 25.3 Å². The van der Waals surface area contributed by atoms with Crippen molar-refractivity contribution >= 4 is 15.7 Å². The molecule has 0 unspecified atom stereocenters. The van der Waals surface area contributed by atoms with Gasteiger partial charge in [-0.1, -0.05) is 32.9 Å². The molecule has 1 aromatic carbocycles. The van der Waals surface area contributed by atoms with Crippen LogP contribution in [0.1, 0.15) is 42.9 Å². The van der Waals surface area contributed by atoms with Crippen LogP contribution in [0.15, 0.2) is 52.0 Å². The zero-order valence-electron chi connectivity index (χ0n) is 15.4. The Hall–Kier alpha value is -2.12. The molecule has 2 aromatic rings. The molecule has 7 heteroatoms. The zero-order chi connectivity index (χ0) is 19.2. The molecule has 1 N–H and O–H groups in total. The Morgan fingerprint density at radius 2 is 1.81 bits per heavy atom. The van der Waals surface area contributed by atoms with Crippen molar-refractivity contribution in [1.82, 2.24) is 10.2 Å². The van der Waals surface area contributed by atoms with E-state index in [1.165, 1.54) is 12.1 Å². The third-order valence-corrected chi connectivity index (χ3v) is 6.21. The summed E-state index contributed by atoms with van der Waals surface area (Å²) < 4.78 is 30.0. The molecule has 1 amide bonds. The molecule has 0 spiro atoms. The number of carbonyl (C=O) groups is 1. The first-order chi connectivity index (χ1) is 12.4. The smallest absolute Gasteiger partial charge is 0.252 e. The van der Waals surface area contributed by atoms with Gasteiger partial charge in [0.1, 0.15) is 5.76 Å². The summed E-state index contributed by atoms with van der Waals surface area (Å²) >= 11 is 0. The molecule has 142 valence electrons. The van der Waals surface area contributed by atoms with Crippen LogP contribution in [-0.4, -0.2) is 44.6 Å². The molecule has 0 aliphatic carbocycles. The molecule has 26 heavy (non-hydrogen) atoms.